The van der Waals surface area contributed by atoms with Crippen molar-refractivity contribution in [3.8, 4) is 5.69 Å². The summed E-state index contributed by atoms with van der Waals surface area (Å²) in [5.41, 5.74) is 3.11. The van der Waals surface area contributed by atoms with Crippen molar-refractivity contribution in [3.05, 3.63) is 53.6 Å². The lowest BCUT2D eigenvalue weighted by atomic mass is 9.79. The number of carbonyl (C=O) groups is 1. The van der Waals surface area contributed by atoms with Crippen molar-refractivity contribution in [2.45, 2.75) is 64.1 Å². The summed E-state index contributed by atoms with van der Waals surface area (Å²) in [7, 11) is 1.37. The topological polar surface area (TPSA) is 93.3 Å². The Kier molecular flexibility index (Phi) is 5.40. The fraction of sp³-hybridized carbons (Fsp3) is 0.500. The van der Waals surface area contributed by atoms with Crippen molar-refractivity contribution in [1.29, 1.82) is 0 Å². The van der Waals surface area contributed by atoms with E-state index in [1.165, 1.54) is 0 Å². The van der Waals surface area contributed by atoms with Crippen molar-refractivity contribution >= 4 is 18.6 Å². The summed E-state index contributed by atoms with van der Waals surface area (Å²) in [6.07, 6.45) is 4.39. The van der Waals surface area contributed by atoms with Crippen molar-refractivity contribution in [1.82, 2.24) is 24.8 Å². The van der Waals surface area contributed by atoms with Gasteiger partial charge in [-0.1, -0.05) is 17.3 Å². The smallest absolute Gasteiger partial charge is 0.462 e. The monoisotopic (exact) mass is 463 g/mol. The van der Waals surface area contributed by atoms with E-state index in [4.69, 9.17) is 14.0 Å². The fourth-order valence-corrected chi connectivity index (χ4v) is 4.43. The van der Waals surface area contributed by atoms with E-state index in [2.05, 4.69) is 15.4 Å². The Morgan fingerprint density at radius 1 is 1.21 bits per heavy atom. The Hall–Kier alpha value is -2.98. The molecule has 0 spiro atoms. The standard InChI is InChI=1S/C24H30BN5O4/c1-7-32-22(31)19-13-26-30(21(19)18-12-17(18)20-14-29(6)28-27-20)16-10-8-9-15(11-16)25-33-23(2,3)24(4,5)34-25/h8-11,13-14,17-18H,7,12H2,1-6H3/t17-,18-/m1/s1. The van der Waals surface area contributed by atoms with Crippen molar-refractivity contribution in [3.63, 3.8) is 0 Å². The molecular weight excluding hydrogens is 433 g/mol. The van der Waals surface area contributed by atoms with Crippen LogP contribution in [0.15, 0.2) is 36.7 Å². The van der Waals surface area contributed by atoms with Crippen LogP contribution in [-0.2, 0) is 21.1 Å². The van der Waals surface area contributed by atoms with E-state index in [1.807, 2.05) is 69.9 Å². The van der Waals surface area contributed by atoms with E-state index in [-0.39, 0.29) is 17.8 Å². The third-order valence-corrected chi connectivity index (χ3v) is 7.08. The molecule has 0 amide bonds. The minimum atomic E-state index is -0.484. The molecule has 0 N–H and O–H groups in total. The molecule has 1 saturated carbocycles. The highest BCUT2D eigenvalue weighted by Gasteiger charge is 2.52. The summed E-state index contributed by atoms with van der Waals surface area (Å²) < 4.78 is 21.3. The van der Waals surface area contributed by atoms with Crippen LogP contribution in [0.25, 0.3) is 5.69 Å². The molecule has 1 saturated heterocycles. The molecule has 0 radical (unpaired) electrons. The van der Waals surface area contributed by atoms with E-state index in [0.29, 0.717) is 12.2 Å². The Morgan fingerprint density at radius 2 is 1.94 bits per heavy atom. The number of ether oxygens (including phenoxy) is 1. The van der Waals surface area contributed by atoms with Gasteiger partial charge in [-0.05, 0) is 58.6 Å². The van der Waals surface area contributed by atoms with Crippen molar-refractivity contribution < 1.29 is 18.8 Å². The Morgan fingerprint density at radius 3 is 2.59 bits per heavy atom. The lowest BCUT2D eigenvalue weighted by Crippen LogP contribution is -2.41. The highest BCUT2D eigenvalue weighted by atomic mass is 16.7. The summed E-state index contributed by atoms with van der Waals surface area (Å²) in [5, 5.41) is 12.9. The normalized spacial score (nSPS) is 22.7. The lowest BCUT2D eigenvalue weighted by Gasteiger charge is -2.32. The number of aryl methyl sites for hydroxylation is 1. The second kappa shape index (κ2) is 8.06. The van der Waals surface area contributed by atoms with Crippen LogP contribution in [0, 0.1) is 0 Å². The first-order valence-corrected chi connectivity index (χ1v) is 11.7. The molecule has 10 heteroatoms. The quantitative estimate of drug-likeness (QED) is 0.410. The second-order valence-electron chi connectivity index (χ2n) is 10.0. The summed E-state index contributed by atoms with van der Waals surface area (Å²) in [5.74, 6) is -0.0848. The van der Waals surface area contributed by atoms with Crippen LogP contribution in [0.4, 0.5) is 0 Å². The van der Waals surface area contributed by atoms with Gasteiger partial charge in [-0.3, -0.25) is 4.68 Å². The Labute approximate surface area is 199 Å². The predicted molar refractivity (Wildman–Crippen MR) is 126 cm³/mol. The summed E-state index contributed by atoms with van der Waals surface area (Å²) in [4.78, 5) is 12.8. The van der Waals surface area contributed by atoms with E-state index in [1.54, 1.807) is 17.8 Å². The SMILES string of the molecule is CCOC(=O)c1cnn(-c2cccc(B3OC(C)(C)C(C)(C)O3)c2)c1[C@@H]1C[C@H]1c1cn(C)nn1. The number of nitrogens with zero attached hydrogens (tertiary/aromatic N) is 5. The maximum Gasteiger partial charge on any atom is 0.494 e. The summed E-state index contributed by atoms with van der Waals surface area (Å²) in [6.45, 7) is 10.2. The molecular formula is C24H30BN5O4. The zero-order valence-corrected chi connectivity index (χ0v) is 20.5. The van der Waals surface area contributed by atoms with Crippen LogP contribution in [0.2, 0.25) is 0 Å². The maximum absolute atomic E-state index is 12.8. The molecule has 2 aliphatic rings. The largest absolute Gasteiger partial charge is 0.494 e. The summed E-state index contributed by atoms with van der Waals surface area (Å²) >= 11 is 0. The van der Waals surface area contributed by atoms with Gasteiger partial charge in [0.1, 0.15) is 5.56 Å². The van der Waals surface area contributed by atoms with Gasteiger partial charge in [-0.25, -0.2) is 9.48 Å². The van der Waals surface area contributed by atoms with Gasteiger partial charge in [-0.2, -0.15) is 5.10 Å². The van der Waals surface area contributed by atoms with Gasteiger partial charge in [0.25, 0.3) is 0 Å². The van der Waals surface area contributed by atoms with Crippen LogP contribution < -0.4 is 5.46 Å². The van der Waals surface area contributed by atoms with Crippen LogP contribution in [-0.4, -0.2) is 55.7 Å². The summed E-state index contributed by atoms with van der Waals surface area (Å²) in [6, 6.07) is 7.92. The third kappa shape index (κ3) is 3.84. The molecule has 0 bridgehead atoms. The van der Waals surface area contributed by atoms with Crippen molar-refractivity contribution in [2.24, 2.45) is 7.05 Å². The van der Waals surface area contributed by atoms with E-state index < -0.39 is 18.3 Å². The van der Waals surface area contributed by atoms with Gasteiger partial charge >= 0.3 is 13.1 Å². The van der Waals surface area contributed by atoms with Gasteiger partial charge in [0.2, 0.25) is 0 Å². The molecule has 0 unspecified atom stereocenters. The molecule has 178 valence electrons. The molecule has 5 rings (SSSR count). The molecule has 2 fully saturated rings. The van der Waals surface area contributed by atoms with Crippen LogP contribution >= 0.6 is 0 Å². The van der Waals surface area contributed by atoms with Crippen LogP contribution in [0.1, 0.15) is 74.6 Å². The zero-order valence-electron chi connectivity index (χ0n) is 20.5. The molecule has 1 aromatic carbocycles. The minimum absolute atomic E-state index is 0.0964. The Balaban J connectivity index is 1.51. The van der Waals surface area contributed by atoms with Gasteiger partial charge < -0.3 is 14.0 Å². The number of esters is 1. The first-order valence-electron chi connectivity index (χ1n) is 11.7. The predicted octanol–water partition coefficient (Wildman–Crippen LogP) is 2.75. The molecule has 2 atom stereocenters. The third-order valence-electron chi connectivity index (χ3n) is 7.08. The average molecular weight is 463 g/mol. The van der Waals surface area contributed by atoms with Crippen LogP contribution in [0.5, 0.6) is 0 Å². The highest BCUT2D eigenvalue weighted by molar-refractivity contribution is 6.62. The Bertz CT molecular complexity index is 1220. The van der Waals surface area contributed by atoms with Gasteiger partial charge in [-0.15, -0.1) is 5.10 Å². The molecule has 2 aromatic heterocycles. The average Bonchev–Trinajstić information content (AvgIpc) is 3.12. The van der Waals surface area contributed by atoms with Gasteiger partial charge in [0.15, 0.2) is 0 Å². The number of hydrogen-bond donors (Lipinski definition) is 0. The van der Waals surface area contributed by atoms with E-state index in [9.17, 15) is 4.79 Å². The molecule has 1 aliphatic carbocycles. The van der Waals surface area contributed by atoms with Crippen molar-refractivity contribution in [2.75, 3.05) is 6.61 Å². The molecule has 1 aliphatic heterocycles. The molecule has 3 heterocycles. The number of benzene rings is 1. The zero-order chi connectivity index (χ0) is 24.3. The molecule has 34 heavy (non-hydrogen) atoms. The van der Waals surface area contributed by atoms with Crippen LogP contribution in [0.3, 0.4) is 0 Å². The fourth-order valence-electron chi connectivity index (χ4n) is 4.43. The van der Waals surface area contributed by atoms with E-state index >= 15 is 0 Å². The number of aromatic nitrogens is 5. The highest BCUT2D eigenvalue weighted by Crippen LogP contribution is 2.55. The maximum atomic E-state index is 12.8. The second-order valence-corrected chi connectivity index (χ2v) is 10.0. The van der Waals surface area contributed by atoms with E-state index in [0.717, 1.165) is 29.0 Å². The minimum Gasteiger partial charge on any atom is -0.462 e. The lowest BCUT2D eigenvalue weighted by molar-refractivity contribution is 0.00578. The number of rotatable bonds is 6. The first-order chi connectivity index (χ1) is 16.1. The van der Waals surface area contributed by atoms with Gasteiger partial charge in [0, 0.05) is 25.1 Å². The number of hydrogen-bond acceptors (Lipinski definition) is 7. The molecule has 9 nitrogen and oxygen atoms in total. The number of carbonyl (C=O) groups excluding carboxylic acids is 1. The first kappa shape index (κ1) is 22.8. The molecule has 3 aromatic rings. The van der Waals surface area contributed by atoms with Gasteiger partial charge in [0.05, 0.1) is 41.1 Å².